The van der Waals surface area contributed by atoms with Crippen molar-refractivity contribution in [1.29, 1.82) is 0 Å². The number of ether oxygens (including phenoxy) is 1. The Balaban J connectivity index is 2.14. The highest BCUT2D eigenvalue weighted by Crippen LogP contribution is 2.36. The van der Waals surface area contributed by atoms with E-state index in [0.29, 0.717) is 0 Å². The fraction of sp³-hybridized carbons (Fsp3) is 0.188. The minimum absolute atomic E-state index is 0.0428. The van der Waals surface area contributed by atoms with Crippen LogP contribution in [0.1, 0.15) is 17.2 Å². The summed E-state index contributed by atoms with van der Waals surface area (Å²) < 4.78 is 15.5. The van der Waals surface area contributed by atoms with Crippen molar-refractivity contribution >= 4 is 29.3 Å². The summed E-state index contributed by atoms with van der Waals surface area (Å²) >= 11 is 11.6. The summed E-state index contributed by atoms with van der Waals surface area (Å²) in [5, 5.41) is 13.4. The summed E-state index contributed by atoms with van der Waals surface area (Å²) in [6.07, 6.45) is -0.953. The predicted molar refractivity (Wildman–Crippen MR) is 90.3 cm³/mol. The highest BCUT2D eigenvalue weighted by atomic mass is 35.5. The monoisotopic (exact) mass is 386 g/mol. The fourth-order valence-electron chi connectivity index (χ4n) is 2.01. The van der Waals surface area contributed by atoms with Gasteiger partial charge in [0.1, 0.15) is 12.4 Å². The molecule has 0 bridgehead atoms. The van der Waals surface area contributed by atoms with Gasteiger partial charge in [0.25, 0.3) is 0 Å². The van der Waals surface area contributed by atoms with Gasteiger partial charge in [-0.15, -0.1) is 0 Å². The van der Waals surface area contributed by atoms with Crippen molar-refractivity contribution in [1.82, 2.24) is 5.32 Å². The number of alkyl carbamates (subject to hydrolysis) is 1. The molecule has 0 aromatic heterocycles. The van der Waals surface area contributed by atoms with Crippen LogP contribution in [0.5, 0.6) is 0 Å². The number of nitrogens with one attached hydrogen (secondary N) is 1. The molecule has 2 aromatic rings. The van der Waals surface area contributed by atoms with Crippen molar-refractivity contribution < 1.29 is 18.8 Å². The molecule has 1 amide bonds. The molecule has 6 nitrogen and oxygen atoms in total. The van der Waals surface area contributed by atoms with Gasteiger partial charge in [0.05, 0.1) is 4.92 Å². The molecular formula is C16H13Cl2FN2O4. The lowest BCUT2D eigenvalue weighted by atomic mass is 10.1. The smallest absolute Gasteiger partial charge is 0.408 e. The molecule has 132 valence electrons. The molecule has 25 heavy (non-hydrogen) atoms. The lowest BCUT2D eigenvalue weighted by molar-refractivity contribution is -0.521. The highest BCUT2D eigenvalue weighted by molar-refractivity contribution is 6.47. The van der Waals surface area contributed by atoms with E-state index in [1.54, 1.807) is 30.3 Å². The van der Waals surface area contributed by atoms with Crippen molar-refractivity contribution in [3.63, 3.8) is 0 Å². The van der Waals surface area contributed by atoms with Crippen LogP contribution >= 0.6 is 23.2 Å². The molecular weight excluding hydrogens is 374 g/mol. The normalized spacial score (nSPS) is 12.3. The minimum atomic E-state index is -2.57. The van der Waals surface area contributed by atoms with E-state index < -0.39 is 27.3 Å². The van der Waals surface area contributed by atoms with Crippen LogP contribution in [0.15, 0.2) is 54.6 Å². The zero-order chi connectivity index (χ0) is 18.4. The van der Waals surface area contributed by atoms with Gasteiger partial charge < -0.3 is 10.1 Å². The summed E-state index contributed by atoms with van der Waals surface area (Å²) in [6, 6.07) is 12.0. The molecule has 2 rings (SSSR count). The number of rotatable bonds is 6. The molecule has 0 saturated carbocycles. The van der Waals surface area contributed by atoms with Gasteiger partial charge >= 0.3 is 10.6 Å². The first-order valence-corrected chi connectivity index (χ1v) is 7.81. The third-order valence-corrected chi connectivity index (χ3v) is 3.98. The Morgan fingerprint density at radius 1 is 1.20 bits per heavy atom. The second kappa shape index (κ2) is 8.13. The van der Waals surface area contributed by atoms with E-state index in [0.717, 1.165) is 17.7 Å². The molecule has 1 atom stereocenters. The van der Waals surface area contributed by atoms with Crippen LogP contribution in [-0.4, -0.2) is 15.5 Å². The average molecular weight is 387 g/mol. The van der Waals surface area contributed by atoms with Gasteiger partial charge in [0.15, 0.2) is 6.04 Å². The van der Waals surface area contributed by atoms with Gasteiger partial charge in [-0.2, -0.15) is 0 Å². The van der Waals surface area contributed by atoms with E-state index >= 15 is 0 Å². The number of alkyl halides is 2. The van der Waals surface area contributed by atoms with Gasteiger partial charge in [-0.1, -0.05) is 42.5 Å². The molecule has 2 aromatic carbocycles. The topological polar surface area (TPSA) is 81.5 Å². The van der Waals surface area contributed by atoms with Crippen molar-refractivity contribution in [2.45, 2.75) is 17.1 Å². The van der Waals surface area contributed by atoms with E-state index in [9.17, 15) is 19.3 Å². The Bertz CT molecular complexity index is 742. The number of carbonyl (C=O) groups is 1. The highest BCUT2D eigenvalue weighted by Gasteiger charge is 2.49. The Morgan fingerprint density at radius 2 is 1.80 bits per heavy atom. The van der Waals surface area contributed by atoms with E-state index in [1.807, 2.05) is 0 Å². The Hall–Kier alpha value is -2.38. The molecule has 9 heteroatoms. The zero-order valence-corrected chi connectivity index (χ0v) is 14.2. The first-order chi connectivity index (χ1) is 11.8. The van der Waals surface area contributed by atoms with Gasteiger partial charge in [0, 0.05) is 0 Å². The van der Waals surface area contributed by atoms with Crippen LogP contribution < -0.4 is 5.32 Å². The minimum Gasteiger partial charge on any atom is -0.445 e. The van der Waals surface area contributed by atoms with Crippen LogP contribution in [0.4, 0.5) is 9.18 Å². The SMILES string of the molecule is O=C(NC(c1ccc(F)cc1)C(Cl)(Cl)[N+](=O)[O-])OCc1ccccc1. The molecule has 1 unspecified atom stereocenters. The molecule has 0 spiro atoms. The molecule has 0 saturated heterocycles. The van der Waals surface area contributed by atoms with Crippen LogP contribution in [0.3, 0.4) is 0 Å². The maximum absolute atomic E-state index is 13.1. The number of nitrogens with zero attached hydrogens (tertiary/aromatic N) is 1. The summed E-state index contributed by atoms with van der Waals surface area (Å²) in [4.78, 5) is 22.2. The quantitative estimate of drug-likeness (QED) is 0.349. The van der Waals surface area contributed by atoms with E-state index in [1.165, 1.54) is 12.1 Å². The van der Waals surface area contributed by atoms with Crippen LogP contribution in [-0.2, 0) is 11.3 Å². The predicted octanol–water partition coefficient (Wildman–Crippen LogP) is 4.20. The fourth-order valence-corrected chi connectivity index (χ4v) is 2.38. The Kier molecular flexibility index (Phi) is 6.17. The van der Waals surface area contributed by atoms with Gasteiger partial charge in [-0.25, -0.2) is 9.18 Å². The lowest BCUT2D eigenvalue weighted by Gasteiger charge is -2.23. The summed E-state index contributed by atoms with van der Waals surface area (Å²) in [7, 11) is 0. The second-order valence-electron chi connectivity index (χ2n) is 5.04. The summed E-state index contributed by atoms with van der Waals surface area (Å²) in [6.45, 7) is -0.0428. The molecule has 1 N–H and O–H groups in total. The molecule has 0 aliphatic rings. The van der Waals surface area contributed by atoms with E-state index in [4.69, 9.17) is 27.9 Å². The Morgan fingerprint density at radius 3 is 2.36 bits per heavy atom. The molecule has 0 fully saturated rings. The summed E-state index contributed by atoms with van der Waals surface area (Å²) in [5.74, 6) is -0.551. The average Bonchev–Trinajstić information content (AvgIpc) is 2.59. The first-order valence-electron chi connectivity index (χ1n) is 7.05. The van der Waals surface area contributed by atoms with Gasteiger partial charge in [-0.3, -0.25) is 10.1 Å². The van der Waals surface area contributed by atoms with E-state index in [2.05, 4.69) is 5.32 Å². The van der Waals surface area contributed by atoms with Gasteiger partial charge in [0.2, 0.25) is 0 Å². The van der Waals surface area contributed by atoms with Gasteiger partial charge in [-0.05, 0) is 46.5 Å². The number of halogens is 3. The largest absolute Gasteiger partial charge is 0.445 e. The molecule has 0 aliphatic carbocycles. The maximum atomic E-state index is 13.1. The van der Waals surface area contributed by atoms with Crippen molar-refractivity contribution in [3.8, 4) is 0 Å². The molecule has 0 aliphatic heterocycles. The lowest BCUT2D eigenvalue weighted by Crippen LogP contribution is -2.44. The number of carbonyl (C=O) groups excluding carboxylic acids is 1. The third-order valence-electron chi connectivity index (χ3n) is 3.27. The van der Waals surface area contributed by atoms with E-state index in [-0.39, 0.29) is 12.2 Å². The number of hydrogen-bond donors (Lipinski definition) is 1. The van der Waals surface area contributed by atoms with Crippen LogP contribution in [0.2, 0.25) is 0 Å². The third kappa shape index (κ3) is 5.04. The number of nitro groups is 1. The Labute approximate surface area is 152 Å². The second-order valence-corrected chi connectivity index (χ2v) is 6.38. The number of hydrogen-bond acceptors (Lipinski definition) is 4. The van der Waals surface area contributed by atoms with Crippen LogP contribution in [0, 0.1) is 15.9 Å². The van der Waals surface area contributed by atoms with Crippen molar-refractivity contribution in [2.75, 3.05) is 0 Å². The standard InChI is InChI=1S/C16H13Cl2FN2O4/c17-16(18,21(23)24)14(12-6-8-13(19)9-7-12)20-15(22)25-10-11-4-2-1-3-5-11/h1-9,14H,10H2,(H,20,22). The van der Waals surface area contributed by atoms with Crippen molar-refractivity contribution in [2.24, 2.45) is 0 Å². The molecule has 0 heterocycles. The molecule has 0 radical (unpaired) electrons. The van der Waals surface area contributed by atoms with Crippen LogP contribution in [0.25, 0.3) is 0 Å². The number of benzene rings is 2. The summed E-state index contributed by atoms with van der Waals surface area (Å²) in [5.41, 5.74) is 0.882. The first kappa shape index (κ1) is 19.0. The zero-order valence-electron chi connectivity index (χ0n) is 12.7. The number of amides is 1. The maximum Gasteiger partial charge on any atom is 0.408 e. The van der Waals surface area contributed by atoms with Crippen molar-refractivity contribution in [3.05, 3.63) is 81.7 Å².